The van der Waals surface area contributed by atoms with Crippen LogP contribution in [0.5, 0.6) is 11.5 Å². The van der Waals surface area contributed by atoms with Crippen LogP contribution in [-0.4, -0.2) is 33.4 Å². The third-order valence-corrected chi connectivity index (χ3v) is 9.40. The molecule has 1 N–H and O–H groups in total. The molecule has 2 amide bonds. The molecule has 4 aliphatic rings. The summed E-state index contributed by atoms with van der Waals surface area (Å²) in [5.41, 5.74) is 4.16. The fourth-order valence-corrected chi connectivity index (χ4v) is 7.32. The second-order valence-corrected chi connectivity index (χ2v) is 12.0. The average molecular weight is 586 g/mol. The molecule has 7 rings (SSSR count). The predicted octanol–water partition coefficient (Wildman–Crippen LogP) is 5.60. The molecule has 1 heterocycles. The van der Waals surface area contributed by atoms with Crippen LogP contribution in [-0.2, 0) is 32.3 Å². The summed E-state index contributed by atoms with van der Waals surface area (Å²) >= 11 is 0. The molecule has 0 spiro atoms. The summed E-state index contributed by atoms with van der Waals surface area (Å²) in [7, 11) is 0. The minimum Gasteiger partial charge on any atom is -0.507 e. The van der Waals surface area contributed by atoms with Crippen LogP contribution in [0, 0.1) is 17.8 Å². The third-order valence-electron chi connectivity index (χ3n) is 9.40. The Morgan fingerprint density at radius 1 is 0.864 bits per heavy atom. The van der Waals surface area contributed by atoms with E-state index in [0.717, 1.165) is 16.7 Å². The van der Waals surface area contributed by atoms with Gasteiger partial charge in [0.15, 0.2) is 11.6 Å². The number of aromatic hydroxyl groups is 1. The number of ketones is 2. The summed E-state index contributed by atoms with van der Waals surface area (Å²) in [6, 6.07) is 24.1. The number of imide groups is 1. The Morgan fingerprint density at radius 2 is 1.57 bits per heavy atom. The van der Waals surface area contributed by atoms with Gasteiger partial charge in [0, 0.05) is 34.3 Å². The Balaban J connectivity index is 1.26. The number of ether oxygens (including phenoxy) is 1. The van der Waals surface area contributed by atoms with E-state index >= 15 is 0 Å². The van der Waals surface area contributed by atoms with Gasteiger partial charge < -0.3 is 9.84 Å². The molecule has 0 aromatic heterocycles. The Bertz CT molecular complexity index is 1800. The fourth-order valence-electron chi connectivity index (χ4n) is 7.32. The van der Waals surface area contributed by atoms with Gasteiger partial charge in [-0.05, 0) is 49.0 Å². The van der Waals surface area contributed by atoms with Gasteiger partial charge in [0.05, 0.1) is 18.4 Å². The van der Waals surface area contributed by atoms with E-state index in [9.17, 15) is 24.3 Å². The maximum Gasteiger partial charge on any atom is 0.234 e. The first-order chi connectivity index (χ1) is 21.3. The Kier molecular flexibility index (Phi) is 6.88. The van der Waals surface area contributed by atoms with E-state index < -0.39 is 23.7 Å². The molecule has 0 bridgehead atoms. The van der Waals surface area contributed by atoms with Crippen molar-refractivity contribution in [3.63, 3.8) is 0 Å². The Morgan fingerprint density at radius 3 is 2.27 bits per heavy atom. The summed E-state index contributed by atoms with van der Waals surface area (Å²) < 4.78 is 5.92. The lowest BCUT2D eigenvalue weighted by atomic mass is 9.59. The molecular formula is C37H31NO6. The Hall–Kier alpha value is -5.04. The number of phenolic OH excluding ortho intramolecular Hbond substituents is 1. The highest BCUT2D eigenvalue weighted by atomic mass is 16.5. The number of nitrogens with zero attached hydrogens (tertiary/aromatic N) is 1. The lowest BCUT2D eigenvalue weighted by Gasteiger charge is -2.42. The molecule has 0 saturated carbocycles. The molecule has 44 heavy (non-hydrogen) atoms. The lowest BCUT2D eigenvalue weighted by molar-refractivity contribution is -0.140. The van der Waals surface area contributed by atoms with Crippen molar-refractivity contribution in [1.82, 2.24) is 4.90 Å². The molecular weight excluding hydrogens is 554 g/mol. The van der Waals surface area contributed by atoms with Gasteiger partial charge in [-0.1, -0.05) is 78.4 Å². The monoisotopic (exact) mass is 585 g/mol. The molecule has 0 radical (unpaired) electrons. The van der Waals surface area contributed by atoms with Crippen LogP contribution in [0.2, 0.25) is 0 Å². The average Bonchev–Trinajstić information content (AvgIpc) is 3.28. The van der Waals surface area contributed by atoms with Crippen molar-refractivity contribution in [2.24, 2.45) is 17.8 Å². The van der Waals surface area contributed by atoms with Crippen molar-refractivity contribution in [2.45, 2.75) is 38.8 Å². The quantitative estimate of drug-likeness (QED) is 0.230. The van der Waals surface area contributed by atoms with Crippen molar-refractivity contribution in [2.75, 3.05) is 0 Å². The number of rotatable bonds is 6. The number of allylic oxidation sites excluding steroid dienone is 6. The number of amides is 2. The first kappa shape index (κ1) is 27.8. The van der Waals surface area contributed by atoms with Gasteiger partial charge in [-0.15, -0.1) is 0 Å². The number of carbonyl (C=O) groups excluding carboxylic acids is 4. The number of carbonyl (C=O) groups is 4. The predicted molar refractivity (Wildman–Crippen MR) is 162 cm³/mol. The molecule has 1 aliphatic heterocycles. The maximum absolute atomic E-state index is 14.0. The van der Waals surface area contributed by atoms with Crippen LogP contribution >= 0.6 is 0 Å². The highest BCUT2D eigenvalue weighted by molar-refractivity contribution is 6.23. The van der Waals surface area contributed by atoms with Gasteiger partial charge in [0.1, 0.15) is 18.1 Å². The summed E-state index contributed by atoms with van der Waals surface area (Å²) in [6.07, 6.45) is 3.87. The van der Waals surface area contributed by atoms with E-state index in [1.807, 2.05) is 66.7 Å². The molecule has 3 aliphatic carbocycles. The summed E-state index contributed by atoms with van der Waals surface area (Å²) in [5.74, 6) is -2.92. The zero-order valence-electron chi connectivity index (χ0n) is 24.2. The van der Waals surface area contributed by atoms with E-state index in [0.29, 0.717) is 41.1 Å². The highest BCUT2D eigenvalue weighted by Crippen LogP contribution is 2.56. The van der Waals surface area contributed by atoms with Gasteiger partial charge in [0.2, 0.25) is 11.8 Å². The van der Waals surface area contributed by atoms with Crippen LogP contribution in [0.15, 0.2) is 113 Å². The number of Topliss-reactive ketones (excluding diaryl/α,β-unsaturated/α-hetero) is 1. The fraction of sp³-hybridized carbons (Fsp3) is 0.243. The van der Waals surface area contributed by atoms with E-state index in [2.05, 4.69) is 0 Å². The van der Waals surface area contributed by atoms with E-state index in [1.54, 1.807) is 19.1 Å². The van der Waals surface area contributed by atoms with E-state index in [4.69, 9.17) is 4.74 Å². The van der Waals surface area contributed by atoms with Crippen molar-refractivity contribution >= 4 is 23.4 Å². The zero-order valence-corrected chi connectivity index (χ0v) is 24.2. The van der Waals surface area contributed by atoms with E-state index in [-0.39, 0.29) is 42.1 Å². The normalized spacial score (nSPS) is 24.4. The van der Waals surface area contributed by atoms with Gasteiger partial charge in [-0.2, -0.15) is 0 Å². The summed E-state index contributed by atoms with van der Waals surface area (Å²) in [4.78, 5) is 55.9. The van der Waals surface area contributed by atoms with Gasteiger partial charge in [0.25, 0.3) is 0 Å². The molecule has 1 saturated heterocycles. The van der Waals surface area contributed by atoms with Crippen LogP contribution in [0.4, 0.5) is 0 Å². The zero-order chi connectivity index (χ0) is 30.5. The lowest BCUT2D eigenvalue weighted by Crippen LogP contribution is -2.39. The van der Waals surface area contributed by atoms with Crippen LogP contribution in [0.3, 0.4) is 0 Å². The SMILES string of the molecule is CC1=CC(=O)C2=C(CC3C(=CCC4C(=O)N(Cc5ccccc5)C(=O)C43)C2c2ccc(OCc3ccccc3)cc2O)C1=O. The van der Waals surface area contributed by atoms with Crippen molar-refractivity contribution < 1.29 is 29.0 Å². The van der Waals surface area contributed by atoms with Gasteiger partial charge in [-0.25, -0.2) is 0 Å². The molecule has 3 aromatic carbocycles. The maximum atomic E-state index is 14.0. The third kappa shape index (κ3) is 4.60. The van der Waals surface area contributed by atoms with Gasteiger partial charge >= 0.3 is 0 Å². The molecule has 7 heteroatoms. The largest absolute Gasteiger partial charge is 0.507 e. The topological polar surface area (TPSA) is 101 Å². The Labute approximate surface area is 255 Å². The minimum absolute atomic E-state index is 0.0675. The first-order valence-corrected chi connectivity index (χ1v) is 14.9. The standard InChI is InChI=1S/C37H31NO6/c1-21-16-31(40)34-29(35(21)41)18-28-25(14-15-27-33(28)37(43)38(36(27)42)19-22-8-4-2-5-9-22)32(34)26-13-12-24(17-30(26)39)44-20-23-10-6-3-7-11-23/h2-14,16-17,27-28,32-33,39H,15,18-20H2,1H3. The number of likely N-dealkylation sites (tertiary alicyclic amines) is 1. The number of hydrogen-bond donors (Lipinski definition) is 1. The van der Waals surface area contributed by atoms with Crippen molar-refractivity contribution in [3.05, 3.63) is 130 Å². The molecule has 4 atom stereocenters. The number of hydrogen-bond acceptors (Lipinski definition) is 6. The molecule has 4 unspecified atom stereocenters. The molecule has 7 nitrogen and oxygen atoms in total. The summed E-state index contributed by atoms with van der Waals surface area (Å²) in [5, 5.41) is 11.3. The van der Waals surface area contributed by atoms with Crippen LogP contribution in [0.25, 0.3) is 0 Å². The van der Waals surface area contributed by atoms with Crippen molar-refractivity contribution in [3.8, 4) is 11.5 Å². The second-order valence-electron chi connectivity index (χ2n) is 12.0. The molecule has 3 aromatic rings. The number of phenols is 1. The van der Waals surface area contributed by atoms with Crippen LogP contribution in [0.1, 0.15) is 42.4 Å². The number of benzene rings is 3. The smallest absolute Gasteiger partial charge is 0.234 e. The van der Waals surface area contributed by atoms with Gasteiger partial charge in [-0.3, -0.25) is 24.1 Å². The van der Waals surface area contributed by atoms with E-state index in [1.165, 1.54) is 17.0 Å². The van der Waals surface area contributed by atoms with Crippen molar-refractivity contribution in [1.29, 1.82) is 0 Å². The number of fused-ring (bicyclic) bond motifs is 3. The molecule has 1 fully saturated rings. The highest BCUT2D eigenvalue weighted by Gasteiger charge is 2.56. The molecule has 220 valence electrons. The van der Waals surface area contributed by atoms with Crippen LogP contribution < -0.4 is 4.74 Å². The first-order valence-electron chi connectivity index (χ1n) is 14.9. The summed E-state index contributed by atoms with van der Waals surface area (Å²) in [6.45, 7) is 2.13. The second kappa shape index (κ2) is 10.9. The minimum atomic E-state index is -0.722.